The molecule has 110 valence electrons. The lowest BCUT2D eigenvalue weighted by Gasteiger charge is -2.18. The maximum atomic E-state index is 11.0. The van der Waals surface area contributed by atoms with E-state index in [4.69, 9.17) is 19.0 Å². The molecule has 21 heavy (non-hydrogen) atoms. The molecule has 1 N–H and O–H groups in total. The van der Waals surface area contributed by atoms with Gasteiger partial charge in [0.15, 0.2) is 17.3 Å². The number of rotatable bonds is 4. The van der Waals surface area contributed by atoms with Crippen LogP contribution in [-0.2, 0) is 13.0 Å². The van der Waals surface area contributed by atoms with Gasteiger partial charge in [0.2, 0.25) is 0 Å². The van der Waals surface area contributed by atoms with Gasteiger partial charge in [0, 0.05) is 12.0 Å². The summed E-state index contributed by atoms with van der Waals surface area (Å²) in [6.07, 6.45) is 2.16. The van der Waals surface area contributed by atoms with E-state index < -0.39 is 5.97 Å². The smallest absolute Gasteiger partial charge is 0.339 e. The van der Waals surface area contributed by atoms with Crippen molar-refractivity contribution in [1.29, 1.82) is 0 Å². The molecule has 0 bridgehead atoms. The third kappa shape index (κ3) is 2.59. The number of hydrogen-bond donors (Lipinski definition) is 1. The van der Waals surface area contributed by atoms with Crippen LogP contribution in [0.4, 0.5) is 0 Å². The maximum Gasteiger partial charge on any atom is 0.339 e. The van der Waals surface area contributed by atoms with Gasteiger partial charge in [-0.15, -0.1) is 0 Å². The van der Waals surface area contributed by atoms with Gasteiger partial charge in [-0.05, 0) is 26.0 Å². The molecule has 1 aromatic carbocycles. The van der Waals surface area contributed by atoms with Gasteiger partial charge in [-0.3, -0.25) is 0 Å². The molecule has 5 nitrogen and oxygen atoms in total. The molecule has 0 aliphatic carbocycles. The van der Waals surface area contributed by atoms with Crippen LogP contribution in [0.25, 0.3) is 0 Å². The standard InChI is InChI=1S/C16H16O5/c1-16(2)8-10-4-3-5-12(14(10)21-16)20-9-13-11(15(17)18)6-7-19-13/h3-7H,8-9H2,1-2H3,(H,17,18). The van der Waals surface area contributed by atoms with Crippen LogP contribution in [-0.4, -0.2) is 16.7 Å². The molecule has 2 aromatic rings. The zero-order valence-corrected chi connectivity index (χ0v) is 11.9. The molecular weight excluding hydrogens is 272 g/mol. The van der Waals surface area contributed by atoms with Gasteiger partial charge in [-0.25, -0.2) is 4.79 Å². The first kappa shape index (κ1) is 13.5. The molecule has 3 rings (SSSR count). The molecule has 1 aromatic heterocycles. The van der Waals surface area contributed by atoms with Gasteiger partial charge in [-0.1, -0.05) is 12.1 Å². The number of aromatic carboxylic acids is 1. The molecule has 0 unspecified atom stereocenters. The highest BCUT2D eigenvalue weighted by molar-refractivity contribution is 5.88. The van der Waals surface area contributed by atoms with E-state index in [-0.39, 0.29) is 23.5 Å². The van der Waals surface area contributed by atoms with Gasteiger partial charge >= 0.3 is 5.97 Å². The van der Waals surface area contributed by atoms with E-state index in [2.05, 4.69) is 0 Å². The average molecular weight is 288 g/mol. The average Bonchev–Trinajstić information content (AvgIpc) is 2.98. The van der Waals surface area contributed by atoms with Crippen LogP contribution < -0.4 is 9.47 Å². The molecule has 0 saturated heterocycles. The summed E-state index contributed by atoms with van der Waals surface area (Å²) in [5, 5.41) is 9.03. The van der Waals surface area contributed by atoms with Crippen LogP contribution >= 0.6 is 0 Å². The van der Waals surface area contributed by atoms with Crippen LogP contribution in [0.3, 0.4) is 0 Å². The van der Waals surface area contributed by atoms with E-state index in [1.54, 1.807) is 0 Å². The topological polar surface area (TPSA) is 68.9 Å². The Morgan fingerprint density at radius 3 is 2.95 bits per heavy atom. The van der Waals surface area contributed by atoms with E-state index in [0.717, 1.165) is 17.7 Å². The lowest BCUT2D eigenvalue weighted by molar-refractivity contribution is 0.0691. The Balaban J connectivity index is 1.80. The van der Waals surface area contributed by atoms with Crippen LogP contribution in [0.1, 0.15) is 35.5 Å². The molecular formula is C16H16O5. The first-order chi connectivity index (χ1) is 9.96. The second-order valence-electron chi connectivity index (χ2n) is 5.63. The predicted octanol–water partition coefficient (Wildman–Crippen LogP) is 3.27. The van der Waals surface area contributed by atoms with Gasteiger partial charge in [0.25, 0.3) is 0 Å². The molecule has 2 heterocycles. The number of para-hydroxylation sites is 1. The van der Waals surface area contributed by atoms with Crippen molar-refractivity contribution in [3.63, 3.8) is 0 Å². The van der Waals surface area contributed by atoms with E-state index in [0.29, 0.717) is 5.75 Å². The van der Waals surface area contributed by atoms with Crippen molar-refractivity contribution in [3.8, 4) is 11.5 Å². The van der Waals surface area contributed by atoms with E-state index >= 15 is 0 Å². The van der Waals surface area contributed by atoms with Crippen molar-refractivity contribution < 1.29 is 23.8 Å². The zero-order valence-electron chi connectivity index (χ0n) is 11.9. The molecule has 0 fully saturated rings. The SMILES string of the molecule is CC1(C)Cc2cccc(OCc3occc3C(=O)O)c2O1. The second-order valence-corrected chi connectivity index (χ2v) is 5.63. The minimum absolute atomic E-state index is 0.0505. The third-order valence-corrected chi connectivity index (χ3v) is 3.39. The molecule has 0 spiro atoms. The first-order valence-electron chi connectivity index (χ1n) is 6.70. The second kappa shape index (κ2) is 4.84. The molecule has 1 aliphatic heterocycles. The van der Waals surface area contributed by atoms with E-state index in [1.165, 1.54) is 12.3 Å². The molecule has 5 heteroatoms. The summed E-state index contributed by atoms with van der Waals surface area (Å²) in [5.41, 5.74) is 0.956. The number of furan rings is 1. The Morgan fingerprint density at radius 2 is 2.19 bits per heavy atom. The number of hydrogen-bond acceptors (Lipinski definition) is 4. The van der Waals surface area contributed by atoms with Crippen LogP contribution in [0.15, 0.2) is 34.9 Å². The fraction of sp³-hybridized carbons (Fsp3) is 0.312. The predicted molar refractivity (Wildman–Crippen MR) is 74.9 cm³/mol. The number of carboxylic acids is 1. The Kier molecular flexibility index (Phi) is 3.12. The third-order valence-electron chi connectivity index (χ3n) is 3.39. The number of carboxylic acid groups (broad SMARTS) is 1. The van der Waals surface area contributed by atoms with E-state index in [1.807, 2.05) is 32.0 Å². The number of ether oxygens (including phenoxy) is 2. The van der Waals surface area contributed by atoms with E-state index in [9.17, 15) is 4.79 Å². The highest BCUT2D eigenvalue weighted by Crippen LogP contribution is 2.42. The molecule has 0 atom stereocenters. The summed E-state index contributed by atoms with van der Waals surface area (Å²) < 4.78 is 16.8. The summed E-state index contributed by atoms with van der Waals surface area (Å²) in [5.74, 6) is 0.590. The van der Waals surface area contributed by atoms with Crippen molar-refractivity contribution in [2.75, 3.05) is 0 Å². The first-order valence-corrected chi connectivity index (χ1v) is 6.70. The van der Waals surface area contributed by atoms with Crippen LogP contribution in [0, 0.1) is 0 Å². The van der Waals surface area contributed by atoms with Crippen LogP contribution in [0.5, 0.6) is 11.5 Å². The molecule has 0 saturated carbocycles. The number of carbonyl (C=O) groups is 1. The fourth-order valence-corrected chi connectivity index (χ4v) is 2.49. The largest absolute Gasteiger partial charge is 0.483 e. The van der Waals surface area contributed by atoms with Crippen molar-refractivity contribution in [2.24, 2.45) is 0 Å². The quantitative estimate of drug-likeness (QED) is 0.935. The van der Waals surface area contributed by atoms with Crippen molar-refractivity contribution in [2.45, 2.75) is 32.5 Å². The fourth-order valence-electron chi connectivity index (χ4n) is 2.49. The monoisotopic (exact) mass is 288 g/mol. The van der Waals surface area contributed by atoms with Gasteiger partial charge in [0.1, 0.15) is 17.8 Å². The van der Waals surface area contributed by atoms with Crippen molar-refractivity contribution in [1.82, 2.24) is 0 Å². The summed E-state index contributed by atoms with van der Waals surface area (Å²) in [4.78, 5) is 11.0. The van der Waals surface area contributed by atoms with Gasteiger partial charge in [-0.2, -0.15) is 0 Å². The van der Waals surface area contributed by atoms with Gasteiger partial charge in [0.05, 0.1) is 6.26 Å². The molecule has 1 aliphatic rings. The van der Waals surface area contributed by atoms with Crippen molar-refractivity contribution >= 4 is 5.97 Å². The van der Waals surface area contributed by atoms with Crippen molar-refractivity contribution in [3.05, 3.63) is 47.4 Å². The van der Waals surface area contributed by atoms with Crippen LogP contribution in [0.2, 0.25) is 0 Å². The lowest BCUT2D eigenvalue weighted by Crippen LogP contribution is -2.24. The Morgan fingerprint density at radius 1 is 1.38 bits per heavy atom. The van der Waals surface area contributed by atoms with Gasteiger partial charge < -0.3 is 19.0 Å². The number of fused-ring (bicyclic) bond motifs is 1. The number of benzene rings is 1. The minimum atomic E-state index is -1.03. The normalized spacial score (nSPS) is 15.3. The minimum Gasteiger partial charge on any atom is -0.483 e. The summed E-state index contributed by atoms with van der Waals surface area (Å²) in [7, 11) is 0. The molecule has 0 radical (unpaired) electrons. The summed E-state index contributed by atoms with van der Waals surface area (Å²) in [6, 6.07) is 7.13. The highest BCUT2D eigenvalue weighted by atomic mass is 16.5. The Labute approximate surface area is 122 Å². The Hall–Kier alpha value is -2.43. The Bertz CT molecular complexity index is 684. The molecule has 0 amide bonds. The lowest BCUT2D eigenvalue weighted by atomic mass is 10.0. The highest BCUT2D eigenvalue weighted by Gasteiger charge is 2.32. The maximum absolute atomic E-state index is 11.0. The summed E-state index contributed by atoms with van der Waals surface area (Å²) in [6.45, 7) is 4.09. The zero-order chi connectivity index (χ0) is 15.0. The summed E-state index contributed by atoms with van der Waals surface area (Å²) >= 11 is 0.